The van der Waals surface area contributed by atoms with Crippen molar-refractivity contribution in [3.8, 4) is 0 Å². The van der Waals surface area contributed by atoms with Crippen LogP contribution in [0.25, 0.3) is 0 Å². The average molecular weight is 367 g/mol. The Morgan fingerprint density at radius 1 is 1.11 bits per heavy atom. The third-order valence-corrected chi connectivity index (χ3v) is 4.64. The Bertz CT molecular complexity index is 784. The van der Waals surface area contributed by atoms with E-state index in [9.17, 15) is 9.59 Å². The number of anilines is 2. The number of benzene rings is 1. The normalized spacial score (nSPS) is 14.4. The van der Waals surface area contributed by atoms with Gasteiger partial charge in [0, 0.05) is 6.04 Å². The fraction of sp³-hybridized carbons (Fsp3) is 0.381. The van der Waals surface area contributed by atoms with E-state index in [1.54, 1.807) is 43.5 Å². The van der Waals surface area contributed by atoms with Crippen molar-refractivity contribution in [3.05, 3.63) is 53.9 Å². The van der Waals surface area contributed by atoms with Gasteiger partial charge in [-0.25, -0.2) is 9.78 Å². The quantitative estimate of drug-likeness (QED) is 0.753. The molecule has 0 unspecified atom stereocenters. The molecule has 3 rings (SSSR count). The number of amides is 1. The Labute approximate surface area is 159 Å². The molecule has 1 aromatic carbocycles. The largest absolute Gasteiger partial charge is 0.462 e. The lowest BCUT2D eigenvalue weighted by Crippen LogP contribution is -2.36. The van der Waals surface area contributed by atoms with Gasteiger partial charge in [0.1, 0.15) is 5.69 Å². The predicted octanol–water partition coefficient (Wildman–Crippen LogP) is 4.06. The molecule has 1 fully saturated rings. The van der Waals surface area contributed by atoms with Crippen LogP contribution in [0, 0.1) is 0 Å². The van der Waals surface area contributed by atoms with Crippen molar-refractivity contribution < 1.29 is 14.3 Å². The molecule has 6 nitrogen and oxygen atoms in total. The van der Waals surface area contributed by atoms with E-state index in [4.69, 9.17) is 4.74 Å². The van der Waals surface area contributed by atoms with Crippen LogP contribution in [0.15, 0.2) is 42.6 Å². The molecule has 142 valence electrons. The fourth-order valence-electron chi connectivity index (χ4n) is 3.24. The van der Waals surface area contributed by atoms with Gasteiger partial charge in [0.15, 0.2) is 0 Å². The van der Waals surface area contributed by atoms with Crippen molar-refractivity contribution in [2.75, 3.05) is 11.9 Å². The molecule has 2 N–H and O–H groups in total. The van der Waals surface area contributed by atoms with Gasteiger partial charge in [0.2, 0.25) is 0 Å². The minimum absolute atomic E-state index is 0.139. The second kappa shape index (κ2) is 9.16. The number of nitrogens with zero attached hydrogens (tertiary/aromatic N) is 1. The van der Waals surface area contributed by atoms with Gasteiger partial charge in [-0.2, -0.15) is 0 Å². The van der Waals surface area contributed by atoms with Crippen LogP contribution in [0.2, 0.25) is 0 Å². The molecule has 27 heavy (non-hydrogen) atoms. The highest BCUT2D eigenvalue weighted by Gasteiger charge is 2.17. The summed E-state index contributed by atoms with van der Waals surface area (Å²) in [5, 5.41) is 6.22. The van der Waals surface area contributed by atoms with Gasteiger partial charge in [0.05, 0.1) is 29.7 Å². The highest BCUT2D eigenvalue weighted by atomic mass is 16.5. The lowest BCUT2D eigenvalue weighted by Gasteiger charge is -2.22. The van der Waals surface area contributed by atoms with Crippen molar-refractivity contribution >= 4 is 23.3 Å². The first-order valence-electron chi connectivity index (χ1n) is 9.47. The molecule has 0 radical (unpaired) electrons. The summed E-state index contributed by atoms with van der Waals surface area (Å²) in [5.41, 5.74) is 2.18. The molecule has 1 aliphatic carbocycles. The minimum Gasteiger partial charge on any atom is -0.462 e. The fourth-order valence-corrected chi connectivity index (χ4v) is 3.24. The smallest absolute Gasteiger partial charge is 0.340 e. The third-order valence-electron chi connectivity index (χ3n) is 4.64. The second-order valence-corrected chi connectivity index (χ2v) is 6.63. The molecule has 0 spiro atoms. The number of hydrogen-bond donors (Lipinski definition) is 2. The van der Waals surface area contributed by atoms with E-state index in [-0.39, 0.29) is 17.9 Å². The van der Waals surface area contributed by atoms with Crippen molar-refractivity contribution in [2.45, 2.75) is 45.1 Å². The molecule has 0 bridgehead atoms. The van der Waals surface area contributed by atoms with Crippen molar-refractivity contribution in [1.82, 2.24) is 10.3 Å². The average Bonchev–Trinajstić information content (AvgIpc) is 2.70. The molecule has 1 aromatic heterocycles. The molecule has 6 heteroatoms. The summed E-state index contributed by atoms with van der Waals surface area (Å²) < 4.78 is 5.08. The lowest BCUT2D eigenvalue weighted by molar-refractivity contribution is 0.0527. The standard InChI is InChI=1S/C21H25N3O3/c1-2-27-21(26)17-10-6-7-11-18(17)23-16-12-13-19(22-14-16)20(25)24-15-8-4-3-5-9-15/h6-7,10-15,23H,2-5,8-9H2,1H3,(H,24,25). The van der Waals surface area contributed by atoms with Crippen molar-refractivity contribution in [2.24, 2.45) is 0 Å². The highest BCUT2D eigenvalue weighted by molar-refractivity contribution is 5.96. The van der Waals surface area contributed by atoms with E-state index in [0.717, 1.165) is 12.8 Å². The molecule has 1 saturated carbocycles. The molecule has 0 saturated heterocycles. The summed E-state index contributed by atoms with van der Waals surface area (Å²) in [6, 6.07) is 10.9. The molecular formula is C21H25N3O3. The van der Waals surface area contributed by atoms with Gasteiger partial charge in [-0.3, -0.25) is 4.79 Å². The molecular weight excluding hydrogens is 342 g/mol. The van der Waals surface area contributed by atoms with Crippen molar-refractivity contribution in [3.63, 3.8) is 0 Å². The third kappa shape index (κ3) is 5.06. The zero-order valence-electron chi connectivity index (χ0n) is 15.5. The minimum atomic E-state index is -0.378. The number of hydrogen-bond acceptors (Lipinski definition) is 5. The summed E-state index contributed by atoms with van der Waals surface area (Å²) in [5.74, 6) is -0.516. The first-order valence-corrected chi connectivity index (χ1v) is 9.47. The number of rotatable bonds is 6. The first-order chi connectivity index (χ1) is 13.2. The number of carbonyl (C=O) groups excluding carboxylic acids is 2. The Balaban J connectivity index is 1.66. The van der Waals surface area contributed by atoms with E-state index in [1.807, 2.05) is 6.07 Å². The number of ether oxygens (including phenoxy) is 1. The summed E-state index contributed by atoms with van der Waals surface area (Å²) in [4.78, 5) is 28.7. The Morgan fingerprint density at radius 3 is 2.59 bits per heavy atom. The highest BCUT2D eigenvalue weighted by Crippen LogP contribution is 2.22. The Kier molecular flexibility index (Phi) is 6.41. The van der Waals surface area contributed by atoms with Crippen LogP contribution in [0.5, 0.6) is 0 Å². The monoisotopic (exact) mass is 367 g/mol. The molecule has 0 atom stereocenters. The van der Waals surface area contributed by atoms with Gasteiger partial charge in [0.25, 0.3) is 5.91 Å². The number of aromatic nitrogens is 1. The molecule has 1 amide bonds. The van der Waals surface area contributed by atoms with Crippen LogP contribution >= 0.6 is 0 Å². The maximum absolute atomic E-state index is 12.3. The van der Waals surface area contributed by atoms with E-state index in [2.05, 4.69) is 15.6 Å². The Morgan fingerprint density at radius 2 is 1.89 bits per heavy atom. The topological polar surface area (TPSA) is 80.3 Å². The Hall–Kier alpha value is -2.89. The molecule has 0 aliphatic heterocycles. The number of carbonyl (C=O) groups is 2. The van der Waals surface area contributed by atoms with Gasteiger partial charge in [-0.15, -0.1) is 0 Å². The summed E-state index contributed by atoms with van der Waals surface area (Å²) in [6.07, 6.45) is 7.25. The first kappa shape index (κ1) is 18.9. The second-order valence-electron chi connectivity index (χ2n) is 6.63. The van der Waals surface area contributed by atoms with Crippen LogP contribution < -0.4 is 10.6 Å². The van der Waals surface area contributed by atoms with Crippen molar-refractivity contribution in [1.29, 1.82) is 0 Å². The summed E-state index contributed by atoms with van der Waals surface area (Å²) in [7, 11) is 0. The van der Waals surface area contributed by atoms with E-state index in [1.165, 1.54) is 19.3 Å². The van der Waals surface area contributed by atoms with Crippen LogP contribution in [-0.2, 0) is 4.74 Å². The molecule has 2 aromatic rings. The van der Waals surface area contributed by atoms with Gasteiger partial charge >= 0.3 is 5.97 Å². The van der Waals surface area contributed by atoms with E-state index < -0.39 is 0 Å². The zero-order valence-corrected chi connectivity index (χ0v) is 15.5. The van der Waals surface area contributed by atoms with Crippen LogP contribution in [0.3, 0.4) is 0 Å². The zero-order chi connectivity index (χ0) is 19.1. The van der Waals surface area contributed by atoms with Crippen LogP contribution in [0.4, 0.5) is 11.4 Å². The number of nitrogens with one attached hydrogen (secondary N) is 2. The molecule has 1 heterocycles. The molecule has 1 aliphatic rings. The van der Waals surface area contributed by atoms with E-state index >= 15 is 0 Å². The maximum atomic E-state index is 12.3. The van der Waals surface area contributed by atoms with Crippen LogP contribution in [0.1, 0.15) is 59.9 Å². The number of pyridine rings is 1. The van der Waals surface area contributed by atoms with Gasteiger partial charge in [-0.05, 0) is 44.0 Å². The van der Waals surface area contributed by atoms with E-state index in [0.29, 0.717) is 29.2 Å². The predicted molar refractivity (Wildman–Crippen MR) is 104 cm³/mol. The van der Waals surface area contributed by atoms with Crippen LogP contribution in [-0.4, -0.2) is 29.5 Å². The number of esters is 1. The SMILES string of the molecule is CCOC(=O)c1ccccc1Nc1ccc(C(=O)NC2CCCCC2)nc1. The number of para-hydroxylation sites is 1. The summed E-state index contributed by atoms with van der Waals surface area (Å²) in [6.45, 7) is 2.09. The lowest BCUT2D eigenvalue weighted by atomic mass is 9.95. The maximum Gasteiger partial charge on any atom is 0.340 e. The van der Waals surface area contributed by atoms with Gasteiger partial charge < -0.3 is 15.4 Å². The van der Waals surface area contributed by atoms with Gasteiger partial charge in [-0.1, -0.05) is 31.4 Å². The summed E-state index contributed by atoms with van der Waals surface area (Å²) >= 11 is 0.